The van der Waals surface area contributed by atoms with Crippen molar-refractivity contribution in [2.45, 2.75) is 0 Å². The Morgan fingerprint density at radius 2 is 0.257 bits per heavy atom. The van der Waals surface area contributed by atoms with E-state index in [-0.39, 0.29) is 60.1 Å². The Morgan fingerprint density at radius 1 is 0.257 bits per heavy atom. The van der Waals surface area contributed by atoms with Gasteiger partial charge in [-0.2, -0.15) is 0 Å². The smallest absolute Gasteiger partial charge is 0.356 e. The number of hydrogen-bond acceptors (Lipinski definition) is 24. The Bertz CT molecular complexity index is 374. The van der Waals surface area contributed by atoms with Gasteiger partial charge in [-0.15, -0.1) is 0 Å². The first-order valence-corrected chi connectivity index (χ1v) is 4.38. The fraction of sp³-hybridized carbons (Fsp3) is 0. The Morgan fingerprint density at radius 3 is 0.257 bits per heavy atom. The molecule has 0 atom stereocenters. The summed E-state index contributed by atoms with van der Waals surface area (Å²) in [5.74, 6) is 0. The van der Waals surface area contributed by atoms with Gasteiger partial charge in [-0.1, -0.05) is 0 Å². The SMILES string of the molecule is O=[N+]([O-])[O-].O=[N+]([O-])[O-].O=[N+]([O-])[O-].O=[N+]([O-])[O-].O=[N+]([O-])[O-].O=[N+]([O-])[O-].O=[N+]([O-])[O-].O=[N+]([O-])[O-].[Bi+3].[Co+2].[Fe+3]. The fourth-order valence-corrected chi connectivity index (χ4v) is 0. The normalized spacial score (nSPS) is 5.49. The van der Waals surface area contributed by atoms with Crippen molar-refractivity contribution in [3.05, 3.63) is 123 Å². The molecule has 206 valence electrons. The second-order valence-corrected chi connectivity index (χ2v) is 1.79. The van der Waals surface area contributed by atoms with Gasteiger partial charge in [-0.3, -0.25) is 0 Å². The summed E-state index contributed by atoms with van der Waals surface area (Å²) in [5.41, 5.74) is 0. The van der Waals surface area contributed by atoms with E-state index in [0.717, 1.165) is 0 Å². The molecule has 0 fully saturated rings. The maximum absolute atomic E-state index is 8.25. The molecule has 4 radical (unpaired) electrons. The first-order chi connectivity index (χ1) is 13.9. The van der Waals surface area contributed by atoms with Crippen LogP contribution in [0.15, 0.2) is 0 Å². The largest absolute Gasteiger partial charge is 3.00 e. The summed E-state index contributed by atoms with van der Waals surface area (Å²) in [6, 6.07) is 0. The summed E-state index contributed by atoms with van der Waals surface area (Å²) in [7, 11) is 0. The minimum Gasteiger partial charge on any atom is -0.356 e. The van der Waals surface area contributed by atoms with Gasteiger partial charge in [-0.25, -0.2) is 0 Å². The average molecular weight is 820 g/mol. The fourth-order valence-electron chi connectivity index (χ4n) is 0. The van der Waals surface area contributed by atoms with E-state index in [9.17, 15) is 0 Å². The third-order valence-corrected chi connectivity index (χ3v) is 0. The average Bonchev–Trinajstić information content (AvgIpc) is 2.30. The molecule has 0 aliphatic rings. The third kappa shape index (κ3) is 1110. The standard InChI is InChI=1S/Bi.Co.Fe.8NO3/c;;;8*2-1(3)4/q+3;+2;+3;8*-1. The molecule has 0 saturated carbocycles. The quantitative estimate of drug-likeness (QED) is 0.141. The van der Waals surface area contributed by atoms with Crippen LogP contribution in [0.25, 0.3) is 0 Å². The van der Waals surface area contributed by atoms with Gasteiger partial charge in [0.2, 0.25) is 0 Å². The van der Waals surface area contributed by atoms with E-state index in [4.69, 9.17) is 123 Å². The molecular weight excluding hydrogens is 820 g/mol. The molecule has 0 heterocycles. The van der Waals surface area contributed by atoms with Crippen molar-refractivity contribution in [3.8, 4) is 0 Å². The molecule has 35 heavy (non-hydrogen) atoms. The topological polar surface area (TPSA) is 530 Å². The Balaban J connectivity index is -0.0000000206. The summed E-state index contributed by atoms with van der Waals surface area (Å²) >= 11 is 0. The van der Waals surface area contributed by atoms with Crippen LogP contribution in [0.5, 0.6) is 0 Å². The maximum atomic E-state index is 8.25. The maximum Gasteiger partial charge on any atom is 3.00 e. The molecule has 0 amide bonds. The monoisotopic (exact) mass is 820 g/mol. The van der Waals surface area contributed by atoms with Crippen molar-refractivity contribution in [1.82, 2.24) is 0 Å². The van der Waals surface area contributed by atoms with Gasteiger partial charge in [-0.05, 0) is 0 Å². The van der Waals surface area contributed by atoms with Gasteiger partial charge in [0, 0.05) is 0 Å². The van der Waals surface area contributed by atoms with Crippen LogP contribution in [-0.4, -0.2) is 66.9 Å². The van der Waals surface area contributed by atoms with Crippen molar-refractivity contribution in [2.75, 3.05) is 0 Å². The molecule has 0 aliphatic carbocycles. The molecule has 0 spiro atoms. The molecule has 0 N–H and O–H groups in total. The molecule has 0 saturated heterocycles. The van der Waals surface area contributed by atoms with Gasteiger partial charge in [0.15, 0.2) is 0 Å². The van der Waals surface area contributed by atoms with E-state index in [1.807, 2.05) is 0 Å². The molecule has 0 aliphatic heterocycles. The molecule has 0 aromatic heterocycles. The molecule has 0 aromatic carbocycles. The van der Waals surface area contributed by atoms with E-state index in [0.29, 0.717) is 0 Å². The van der Waals surface area contributed by atoms with Gasteiger partial charge in [0.05, 0.1) is 40.7 Å². The molecule has 0 unspecified atom stereocenters. The Hall–Kier alpha value is -4.49. The minimum absolute atomic E-state index is 0. The van der Waals surface area contributed by atoms with E-state index in [2.05, 4.69) is 0 Å². The minimum atomic E-state index is -1.75. The second-order valence-electron chi connectivity index (χ2n) is 1.79. The molecular formula is BiCoFeN8O24. The Labute approximate surface area is 223 Å². The zero-order chi connectivity index (χ0) is 28.6. The van der Waals surface area contributed by atoms with Gasteiger partial charge >= 0.3 is 60.1 Å². The van der Waals surface area contributed by atoms with E-state index >= 15 is 0 Å². The van der Waals surface area contributed by atoms with Gasteiger partial charge in [0.1, 0.15) is 0 Å². The van der Waals surface area contributed by atoms with Crippen molar-refractivity contribution < 1.29 is 74.5 Å². The predicted octanol–water partition coefficient (Wildman–Crippen LogP) is -2.30. The molecule has 0 bridgehead atoms. The number of hydrogen-bond donors (Lipinski definition) is 0. The van der Waals surface area contributed by atoms with Crippen LogP contribution in [0.1, 0.15) is 0 Å². The van der Waals surface area contributed by atoms with E-state index < -0.39 is 40.7 Å². The van der Waals surface area contributed by atoms with E-state index in [1.165, 1.54) is 0 Å². The predicted molar refractivity (Wildman–Crippen MR) is 88.6 cm³/mol. The van der Waals surface area contributed by atoms with Crippen LogP contribution >= 0.6 is 0 Å². The van der Waals surface area contributed by atoms with Crippen molar-refractivity contribution in [2.24, 2.45) is 0 Å². The van der Waals surface area contributed by atoms with Gasteiger partial charge < -0.3 is 123 Å². The first-order valence-electron chi connectivity index (χ1n) is 4.38. The van der Waals surface area contributed by atoms with Crippen LogP contribution in [0.3, 0.4) is 0 Å². The van der Waals surface area contributed by atoms with Crippen LogP contribution < -0.4 is 0 Å². The Kier molecular flexibility index (Phi) is 126. The summed E-state index contributed by atoms with van der Waals surface area (Å²) < 4.78 is 0. The van der Waals surface area contributed by atoms with Crippen molar-refractivity contribution >= 4 is 26.2 Å². The summed E-state index contributed by atoms with van der Waals surface area (Å²) in [4.78, 5) is 66.0. The zero-order valence-electron chi connectivity index (χ0n) is 14.5. The summed E-state index contributed by atoms with van der Waals surface area (Å²) in [6.45, 7) is 0. The number of rotatable bonds is 0. The summed E-state index contributed by atoms with van der Waals surface area (Å²) in [6.07, 6.45) is 0. The molecule has 32 nitrogen and oxygen atoms in total. The zero-order valence-corrected chi connectivity index (χ0v) is 20.1. The van der Waals surface area contributed by atoms with Gasteiger partial charge in [0.25, 0.3) is 0 Å². The molecule has 35 heteroatoms. The van der Waals surface area contributed by atoms with E-state index in [1.54, 1.807) is 0 Å². The second kappa shape index (κ2) is 63.0. The van der Waals surface area contributed by atoms with Crippen LogP contribution in [0, 0.1) is 123 Å². The number of nitrogens with zero attached hydrogens (tertiary/aromatic N) is 8. The van der Waals surface area contributed by atoms with Crippen molar-refractivity contribution in [1.29, 1.82) is 0 Å². The van der Waals surface area contributed by atoms with Crippen LogP contribution in [-0.2, 0) is 33.8 Å². The van der Waals surface area contributed by atoms with Crippen molar-refractivity contribution in [3.63, 3.8) is 0 Å². The summed E-state index contributed by atoms with van der Waals surface area (Å²) in [5, 5.41) is 118. The van der Waals surface area contributed by atoms with Crippen LogP contribution in [0.4, 0.5) is 0 Å². The van der Waals surface area contributed by atoms with Crippen LogP contribution in [0.2, 0.25) is 0 Å². The third-order valence-electron chi connectivity index (χ3n) is 0. The molecule has 0 rings (SSSR count). The first kappa shape index (κ1) is 69.8. The molecule has 0 aromatic rings.